The van der Waals surface area contributed by atoms with E-state index in [4.69, 9.17) is 0 Å². The van der Waals surface area contributed by atoms with Crippen LogP contribution in [-0.4, -0.2) is 36.0 Å². The van der Waals surface area contributed by atoms with Gasteiger partial charge >= 0.3 is 6.03 Å². The third-order valence-electron chi connectivity index (χ3n) is 4.77. The summed E-state index contributed by atoms with van der Waals surface area (Å²) >= 11 is 0. The maximum Gasteiger partial charge on any atom is 0.321 e. The number of hydrogen-bond acceptors (Lipinski definition) is 2. The van der Waals surface area contributed by atoms with Gasteiger partial charge in [-0.05, 0) is 56.5 Å². The first-order valence-corrected chi connectivity index (χ1v) is 9.54. The third kappa shape index (κ3) is 5.09. The Labute approximate surface area is 160 Å². The number of piperidine rings is 1. The molecular formula is C22H27N3O2. The molecular weight excluding hydrogens is 338 g/mol. The van der Waals surface area contributed by atoms with E-state index in [9.17, 15) is 9.59 Å². The zero-order valence-corrected chi connectivity index (χ0v) is 15.9. The molecule has 1 aliphatic heterocycles. The predicted molar refractivity (Wildman–Crippen MR) is 108 cm³/mol. The average molecular weight is 365 g/mol. The number of carbonyl (C=O) groups excluding carboxylic acids is 2. The number of likely N-dealkylation sites (tertiary alicyclic amines) is 1. The number of nitrogens with one attached hydrogen (secondary N) is 2. The maximum absolute atomic E-state index is 12.6. The molecule has 1 aliphatic rings. The van der Waals surface area contributed by atoms with Crippen LogP contribution in [0.4, 0.5) is 10.5 Å². The lowest BCUT2D eigenvalue weighted by molar-refractivity contribution is 0.0943. The Morgan fingerprint density at radius 1 is 1.07 bits per heavy atom. The van der Waals surface area contributed by atoms with Crippen molar-refractivity contribution in [2.75, 3.05) is 18.4 Å². The summed E-state index contributed by atoms with van der Waals surface area (Å²) in [4.78, 5) is 26.7. The second-order valence-corrected chi connectivity index (χ2v) is 7.33. The molecule has 3 rings (SSSR count). The number of hydrogen-bond donors (Lipinski definition) is 2. The van der Waals surface area contributed by atoms with Crippen molar-refractivity contribution < 1.29 is 9.59 Å². The summed E-state index contributed by atoms with van der Waals surface area (Å²) < 4.78 is 0. The fourth-order valence-electron chi connectivity index (χ4n) is 3.44. The standard InChI is InChI=1S/C22H27N3O2/c1-16(2)23-21(26)18-9-6-8-17(14-18)19-10-7-13-25(15-19)22(27)24-20-11-4-3-5-12-20/h3-6,8-9,11-12,14,16,19H,7,10,13,15H2,1-2H3,(H,23,26)(H,24,27)/t19-/m0/s1. The summed E-state index contributed by atoms with van der Waals surface area (Å²) in [6, 6.07) is 17.3. The van der Waals surface area contributed by atoms with Gasteiger partial charge in [-0.3, -0.25) is 4.79 Å². The van der Waals surface area contributed by atoms with Crippen molar-refractivity contribution in [1.29, 1.82) is 0 Å². The molecule has 2 aromatic carbocycles. The van der Waals surface area contributed by atoms with Crippen LogP contribution in [0.15, 0.2) is 54.6 Å². The van der Waals surface area contributed by atoms with E-state index in [1.165, 1.54) is 0 Å². The van der Waals surface area contributed by atoms with E-state index in [0.717, 1.165) is 30.6 Å². The number of benzene rings is 2. The second-order valence-electron chi connectivity index (χ2n) is 7.33. The van der Waals surface area contributed by atoms with Crippen molar-refractivity contribution >= 4 is 17.6 Å². The van der Waals surface area contributed by atoms with Gasteiger partial charge in [0.15, 0.2) is 0 Å². The second kappa shape index (κ2) is 8.71. The van der Waals surface area contributed by atoms with Gasteiger partial charge in [0.2, 0.25) is 0 Å². The first kappa shape index (κ1) is 19.0. The third-order valence-corrected chi connectivity index (χ3v) is 4.77. The van der Waals surface area contributed by atoms with Gasteiger partial charge in [0, 0.05) is 36.3 Å². The lowest BCUT2D eigenvalue weighted by Gasteiger charge is -2.33. The van der Waals surface area contributed by atoms with Crippen LogP contribution in [0.2, 0.25) is 0 Å². The van der Waals surface area contributed by atoms with E-state index < -0.39 is 0 Å². The van der Waals surface area contributed by atoms with Crippen LogP contribution in [-0.2, 0) is 0 Å². The fraction of sp³-hybridized carbons (Fsp3) is 0.364. The number of urea groups is 1. The van der Waals surface area contributed by atoms with E-state index in [-0.39, 0.29) is 23.9 Å². The quantitative estimate of drug-likeness (QED) is 0.851. The number of anilines is 1. The Morgan fingerprint density at radius 3 is 2.59 bits per heavy atom. The van der Waals surface area contributed by atoms with E-state index in [0.29, 0.717) is 12.1 Å². The molecule has 1 atom stereocenters. The normalized spacial score (nSPS) is 16.9. The van der Waals surface area contributed by atoms with Gasteiger partial charge in [-0.25, -0.2) is 4.79 Å². The molecule has 27 heavy (non-hydrogen) atoms. The molecule has 1 heterocycles. The molecule has 0 radical (unpaired) electrons. The first-order valence-electron chi connectivity index (χ1n) is 9.54. The van der Waals surface area contributed by atoms with Gasteiger partial charge in [0.1, 0.15) is 0 Å². The molecule has 0 spiro atoms. The van der Waals surface area contributed by atoms with Gasteiger partial charge in [-0.1, -0.05) is 30.3 Å². The SMILES string of the molecule is CC(C)NC(=O)c1cccc([C@H]2CCCN(C(=O)Nc3ccccc3)C2)c1. The molecule has 1 saturated heterocycles. The topological polar surface area (TPSA) is 61.4 Å². The molecule has 0 bridgehead atoms. The number of para-hydroxylation sites is 1. The highest BCUT2D eigenvalue weighted by molar-refractivity contribution is 5.94. The van der Waals surface area contributed by atoms with Crippen LogP contribution in [0.3, 0.4) is 0 Å². The molecule has 5 nitrogen and oxygen atoms in total. The van der Waals surface area contributed by atoms with Gasteiger partial charge in [0.25, 0.3) is 5.91 Å². The largest absolute Gasteiger partial charge is 0.350 e. The van der Waals surface area contributed by atoms with Crippen LogP contribution in [0, 0.1) is 0 Å². The van der Waals surface area contributed by atoms with Crippen molar-refractivity contribution in [3.63, 3.8) is 0 Å². The number of carbonyl (C=O) groups is 2. The van der Waals surface area contributed by atoms with Crippen molar-refractivity contribution in [3.8, 4) is 0 Å². The van der Waals surface area contributed by atoms with Gasteiger partial charge < -0.3 is 15.5 Å². The summed E-state index contributed by atoms with van der Waals surface area (Å²) in [5, 5.41) is 5.89. The minimum Gasteiger partial charge on any atom is -0.350 e. The highest BCUT2D eigenvalue weighted by Crippen LogP contribution is 2.28. The highest BCUT2D eigenvalue weighted by atomic mass is 16.2. The molecule has 2 aromatic rings. The van der Waals surface area contributed by atoms with Gasteiger partial charge in [-0.15, -0.1) is 0 Å². The average Bonchev–Trinajstić information content (AvgIpc) is 2.68. The lowest BCUT2D eigenvalue weighted by atomic mass is 9.89. The van der Waals surface area contributed by atoms with Crippen LogP contribution in [0.5, 0.6) is 0 Å². The summed E-state index contributed by atoms with van der Waals surface area (Å²) in [5.41, 5.74) is 2.59. The Hall–Kier alpha value is -2.82. The summed E-state index contributed by atoms with van der Waals surface area (Å²) in [7, 11) is 0. The number of nitrogens with zero attached hydrogens (tertiary/aromatic N) is 1. The molecule has 0 unspecified atom stereocenters. The minimum absolute atomic E-state index is 0.0543. The fourth-order valence-corrected chi connectivity index (χ4v) is 3.44. The zero-order chi connectivity index (χ0) is 19.2. The smallest absolute Gasteiger partial charge is 0.321 e. The van der Waals surface area contributed by atoms with Gasteiger partial charge in [0.05, 0.1) is 0 Å². The summed E-state index contributed by atoms with van der Waals surface area (Å²) in [6.07, 6.45) is 1.97. The molecule has 3 amide bonds. The van der Waals surface area contributed by atoms with E-state index >= 15 is 0 Å². The first-order chi connectivity index (χ1) is 13.0. The van der Waals surface area contributed by atoms with Crippen LogP contribution < -0.4 is 10.6 Å². The molecule has 0 aliphatic carbocycles. The molecule has 2 N–H and O–H groups in total. The Morgan fingerprint density at radius 2 is 1.85 bits per heavy atom. The van der Waals surface area contributed by atoms with Crippen LogP contribution in [0.1, 0.15) is 48.5 Å². The van der Waals surface area contributed by atoms with E-state index in [1.54, 1.807) is 0 Å². The van der Waals surface area contributed by atoms with E-state index in [1.807, 2.05) is 67.3 Å². The van der Waals surface area contributed by atoms with Crippen molar-refractivity contribution in [1.82, 2.24) is 10.2 Å². The van der Waals surface area contributed by atoms with Gasteiger partial charge in [-0.2, -0.15) is 0 Å². The monoisotopic (exact) mass is 365 g/mol. The lowest BCUT2D eigenvalue weighted by Crippen LogP contribution is -2.41. The van der Waals surface area contributed by atoms with E-state index in [2.05, 4.69) is 16.7 Å². The molecule has 0 aromatic heterocycles. The van der Waals surface area contributed by atoms with Crippen LogP contribution in [0.25, 0.3) is 0 Å². The Balaban J connectivity index is 1.67. The summed E-state index contributed by atoms with van der Waals surface area (Å²) in [6.45, 7) is 5.31. The molecule has 5 heteroatoms. The van der Waals surface area contributed by atoms with Crippen molar-refractivity contribution in [2.24, 2.45) is 0 Å². The molecule has 0 saturated carbocycles. The molecule has 142 valence electrons. The number of amides is 3. The summed E-state index contributed by atoms with van der Waals surface area (Å²) in [5.74, 6) is 0.188. The molecule has 1 fully saturated rings. The maximum atomic E-state index is 12.6. The Bertz CT molecular complexity index is 789. The number of rotatable bonds is 4. The minimum atomic E-state index is -0.0698. The zero-order valence-electron chi connectivity index (χ0n) is 15.9. The Kier molecular flexibility index (Phi) is 6.12. The van der Waals surface area contributed by atoms with Crippen LogP contribution >= 0.6 is 0 Å². The highest BCUT2D eigenvalue weighted by Gasteiger charge is 2.25. The van der Waals surface area contributed by atoms with Crippen molar-refractivity contribution in [2.45, 2.75) is 38.6 Å². The van der Waals surface area contributed by atoms with Crippen molar-refractivity contribution in [3.05, 3.63) is 65.7 Å². The predicted octanol–water partition coefficient (Wildman–Crippen LogP) is 4.24.